The zero-order chi connectivity index (χ0) is 2.99. The Morgan fingerprint density at radius 3 is 2.25 bits per heavy atom. The van der Waals surface area contributed by atoms with Crippen LogP contribution in [-0.2, 0) is 0 Å². The molecule has 0 radical (unpaired) electrons. The molecule has 1 aliphatic carbocycles. The van der Waals surface area contributed by atoms with E-state index in [-0.39, 0.29) is 0 Å². The van der Waals surface area contributed by atoms with E-state index in [1.807, 2.05) is 13.0 Å². The topological polar surface area (TPSA) is 0 Å². The fourth-order valence-electron chi connectivity index (χ4n) is 0.0722. The number of hydrogen-bond donors (Lipinski definition) is 0. The molecule has 0 nitrogen and oxygen atoms in total. The maximum absolute atomic E-state index is 2.89. The van der Waals surface area contributed by atoms with Crippen LogP contribution in [-0.4, -0.2) is 0 Å². The molecule has 0 saturated heterocycles. The fourth-order valence-corrected chi connectivity index (χ4v) is 0.0722. The average Bonchev–Trinajstić information content (AvgIpc) is 1.75. The SMILES string of the molecule is CC1=C=C1. The highest BCUT2D eigenvalue weighted by atomic mass is 13.9. The largest absolute Gasteiger partial charge is 0.116 e. The van der Waals surface area contributed by atoms with Gasteiger partial charge in [-0.3, -0.25) is 0 Å². The first-order valence-electron chi connectivity index (χ1n) is 1.33. The molecule has 0 bridgehead atoms. The molecule has 0 heteroatoms. The molecule has 0 N–H and O–H groups in total. The van der Waals surface area contributed by atoms with E-state index in [0.717, 1.165) is 0 Å². The predicted molar refractivity (Wildman–Crippen MR) is 17.3 cm³/mol. The van der Waals surface area contributed by atoms with Crippen LogP contribution in [0.1, 0.15) is 6.92 Å². The third-order valence-corrected chi connectivity index (χ3v) is 0.433. The van der Waals surface area contributed by atoms with Gasteiger partial charge in [-0.1, -0.05) is 0 Å². The van der Waals surface area contributed by atoms with Crippen molar-refractivity contribution in [2.24, 2.45) is 0 Å². The van der Waals surface area contributed by atoms with Crippen molar-refractivity contribution in [1.29, 1.82) is 0 Å². The van der Waals surface area contributed by atoms with Crippen LogP contribution >= 0.6 is 0 Å². The number of hydrogen-bond acceptors (Lipinski definition) is 0. The highest BCUT2D eigenvalue weighted by Crippen LogP contribution is 2.00. The Balaban J connectivity index is 2.75. The minimum atomic E-state index is 1.29. The molecule has 0 saturated carbocycles. The van der Waals surface area contributed by atoms with Gasteiger partial charge >= 0.3 is 0 Å². The molecule has 1 aliphatic rings. The lowest BCUT2D eigenvalue weighted by Crippen LogP contribution is -1.28. The van der Waals surface area contributed by atoms with Crippen molar-refractivity contribution in [3.8, 4) is 0 Å². The van der Waals surface area contributed by atoms with Gasteiger partial charge in [-0.05, 0) is 18.6 Å². The summed E-state index contributed by atoms with van der Waals surface area (Å²) in [5.41, 5.74) is 4.18. The Morgan fingerprint density at radius 2 is 2.25 bits per heavy atom. The fraction of sp³-hybridized carbons (Fsp3) is 0.250. The van der Waals surface area contributed by atoms with Crippen LogP contribution in [0.3, 0.4) is 0 Å². The van der Waals surface area contributed by atoms with E-state index in [9.17, 15) is 0 Å². The van der Waals surface area contributed by atoms with Crippen LogP contribution < -0.4 is 0 Å². The molecule has 0 aromatic carbocycles. The summed E-state index contributed by atoms with van der Waals surface area (Å²) in [5.74, 6) is 0. The zero-order valence-corrected chi connectivity index (χ0v) is 2.58. The summed E-state index contributed by atoms with van der Waals surface area (Å²) >= 11 is 0. The standard InChI is InChI=1S/C4H4/c1-4-2-3-4/h2H,1H3. The average molecular weight is 52.1 g/mol. The third-order valence-electron chi connectivity index (χ3n) is 0.433. The smallest absolute Gasteiger partial charge is 0.00139 e. The molecule has 20 valence electrons. The third kappa shape index (κ3) is 0.0647. The minimum absolute atomic E-state index is 1.29. The van der Waals surface area contributed by atoms with Gasteiger partial charge < -0.3 is 0 Å². The summed E-state index contributed by atoms with van der Waals surface area (Å²) in [6.45, 7) is 2.03. The first kappa shape index (κ1) is 1.80. The molecule has 0 aromatic heterocycles. The van der Waals surface area contributed by atoms with Crippen LogP contribution in [0.5, 0.6) is 0 Å². The first-order chi connectivity index (χ1) is 1.89. The summed E-state index contributed by atoms with van der Waals surface area (Å²) < 4.78 is 0. The molecule has 4 heavy (non-hydrogen) atoms. The second kappa shape index (κ2) is 0.285. The second-order valence-electron chi connectivity index (χ2n) is 0.972. The van der Waals surface area contributed by atoms with Crippen LogP contribution in [0, 0.1) is 0 Å². The summed E-state index contributed by atoms with van der Waals surface area (Å²) in [4.78, 5) is 0. The quantitative estimate of drug-likeness (QED) is 0.362. The Hall–Kier alpha value is -0.480. The lowest BCUT2D eigenvalue weighted by atomic mass is 10.6. The molecule has 0 atom stereocenters. The Labute approximate surface area is 25.4 Å². The van der Waals surface area contributed by atoms with Crippen molar-refractivity contribution in [3.05, 3.63) is 17.4 Å². The van der Waals surface area contributed by atoms with Gasteiger partial charge in [0.1, 0.15) is 0 Å². The maximum atomic E-state index is 2.89. The van der Waals surface area contributed by atoms with E-state index < -0.39 is 0 Å². The molecular formula is C4H4. The number of rotatable bonds is 0. The van der Waals surface area contributed by atoms with Gasteiger partial charge in [0.05, 0.1) is 0 Å². The van der Waals surface area contributed by atoms with Gasteiger partial charge in [-0.15, -0.1) is 5.73 Å². The molecule has 0 aliphatic heterocycles. The van der Waals surface area contributed by atoms with E-state index in [2.05, 4.69) is 5.73 Å². The molecule has 0 aromatic rings. The second-order valence-corrected chi connectivity index (χ2v) is 0.972. The highest BCUT2D eigenvalue weighted by Gasteiger charge is 1.81. The van der Waals surface area contributed by atoms with E-state index in [4.69, 9.17) is 0 Å². The summed E-state index contributed by atoms with van der Waals surface area (Å²) in [5, 5.41) is 0. The molecular weight excluding hydrogens is 48.0 g/mol. The summed E-state index contributed by atoms with van der Waals surface area (Å²) in [6.07, 6.45) is 1.96. The summed E-state index contributed by atoms with van der Waals surface area (Å²) in [6, 6.07) is 0. The molecule has 0 unspecified atom stereocenters. The van der Waals surface area contributed by atoms with Crippen molar-refractivity contribution in [3.63, 3.8) is 0 Å². The lowest BCUT2D eigenvalue weighted by molar-refractivity contribution is 1.68. The number of allylic oxidation sites excluding steroid dienone is 1. The monoisotopic (exact) mass is 52.0 g/mol. The molecule has 0 amide bonds. The predicted octanol–water partition coefficient (Wildman–Crippen LogP) is 1.10. The molecule has 0 spiro atoms. The highest BCUT2D eigenvalue weighted by molar-refractivity contribution is 5.27. The Kier molecular flexibility index (Phi) is 0.129. The van der Waals surface area contributed by atoms with Gasteiger partial charge in [-0.25, -0.2) is 0 Å². The van der Waals surface area contributed by atoms with Gasteiger partial charge in [-0.2, -0.15) is 0 Å². The molecule has 0 heterocycles. The lowest BCUT2D eigenvalue weighted by Gasteiger charge is -1.45. The van der Waals surface area contributed by atoms with Gasteiger partial charge in [0.2, 0.25) is 0 Å². The first-order valence-corrected chi connectivity index (χ1v) is 1.33. The molecule has 1 rings (SSSR count). The van der Waals surface area contributed by atoms with Crippen molar-refractivity contribution in [2.45, 2.75) is 6.92 Å². The van der Waals surface area contributed by atoms with Gasteiger partial charge in [0, 0.05) is 0 Å². The van der Waals surface area contributed by atoms with Crippen molar-refractivity contribution < 1.29 is 0 Å². The van der Waals surface area contributed by atoms with Crippen LogP contribution in [0.4, 0.5) is 0 Å². The van der Waals surface area contributed by atoms with Crippen LogP contribution in [0.25, 0.3) is 0 Å². The summed E-state index contributed by atoms with van der Waals surface area (Å²) in [7, 11) is 0. The normalized spacial score (nSPS) is 15.8. The van der Waals surface area contributed by atoms with Crippen molar-refractivity contribution in [1.82, 2.24) is 0 Å². The maximum Gasteiger partial charge on any atom is -0.00139 e. The van der Waals surface area contributed by atoms with E-state index in [1.54, 1.807) is 0 Å². The van der Waals surface area contributed by atoms with Crippen molar-refractivity contribution >= 4 is 0 Å². The minimum Gasteiger partial charge on any atom is -0.116 e. The van der Waals surface area contributed by atoms with E-state index in [0.29, 0.717) is 0 Å². The Morgan fingerprint density at radius 1 is 2.00 bits per heavy atom. The van der Waals surface area contributed by atoms with Crippen LogP contribution in [0.2, 0.25) is 0 Å². The Bertz CT molecular complexity index is 82.2. The van der Waals surface area contributed by atoms with Gasteiger partial charge in [0.25, 0.3) is 0 Å². The zero-order valence-electron chi connectivity index (χ0n) is 2.58. The molecule has 0 fully saturated rings. The van der Waals surface area contributed by atoms with Crippen LogP contribution in [0.15, 0.2) is 17.4 Å². The van der Waals surface area contributed by atoms with Gasteiger partial charge in [0.15, 0.2) is 0 Å². The van der Waals surface area contributed by atoms with Crippen molar-refractivity contribution in [2.75, 3.05) is 0 Å². The van der Waals surface area contributed by atoms with E-state index in [1.165, 1.54) is 5.57 Å². The van der Waals surface area contributed by atoms with E-state index >= 15 is 0 Å².